The molecular weight excluding hydrogens is 206 g/mol. The van der Waals surface area contributed by atoms with Crippen molar-refractivity contribution in [3.05, 3.63) is 35.4 Å². The fourth-order valence-corrected chi connectivity index (χ4v) is 1.19. The van der Waals surface area contributed by atoms with E-state index in [0.29, 0.717) is 11.3 Å². The van der Waals surface area contributed by atoms with Crippen molar-refractivity contribution in [3.63, 3.8) is 0 Å². The molecule has 1 aromatic carbocycles. The molecule has 0 unspecified atom stereocenters. The minimum atomic E-state index is -0.462. The van der Waals surface area contributed by atoms with Crippen LogP contribution < -0.4 is 4.74 Å². The number of allylic oxidation sites excluding steroid dienone is 1. The highest BCUT2D eigenvalue weighted by Gasteiger charge is 2.12. The van der Waals surface area contributed by atoms with E-state index in [1.54, 1.807) is 30.3 Å². The Morgan fingerprint density at radius 3 is 2.31 bits per heavy atom. The van der Waals surface area contributed by atoms with Gasteiger partial charge >= 0.3 is 0 Å². The van der Waals surface area contributed by atoms with Gasteiger partial charge in [0.2, 0.25) is 0 Å². The molecule has 0 aliphatic heterocycles. The normalized spacial score (nSPS) is 11.3. The maximum absolute atomic E-state index is 11.0. The second kappa shape index (κ2) is 4.99. The molecule has 1 rings (SSSR count). The van der Waals surface area contributed by atoms with Gasteiger partial charge in [0.05, 0.1) is 7.11 Å². The molecule has 16 heavy (non-hydrogen) atoms. The molecule has 0 heterocycles. The number of hydrogen-bond donors (Lipinski definition) is 1. The second-order valence-electron chi connectivity index (χ2n) is 3.12. The van der Waals surface area contributed by atoms with Crippen molar-refractivity contribution < 1.29 is 14.6 Å². The number of Topliss-reactive ketones (excluding diaryl/α,β-unsaturated/α-hetero) is 1. The van der Waals surface area contributed by atoms with Crippen molar-refractivity contribution in [3.8, 4) is 11.8 Å². The predicted octanol–water partition coefficient (Wildman–Crippen LogP) is 2.08. The number of hydrogen-bond acceptors (Lipinski definition) is 4. The fourth-order valence-electron chi connectivity index (χ4n) is 1.19. The van der Waals surface area contributed by atoms with Gasteiger partial charge in [-0.25, -0.2) is 0 Å². The third-order valence-corrected chi connectivity index (χ3v) is 2.06. The lowest BCUT2D eigenvalue weighted by molar-refractivity contribution is -0.113. The van der Waals surface area contributed by atoms with Crippen LogP contribution in [-0.4, -0.2) is 18.0 Å². The SMILES string of the molecule is COc1ccc(/C(O)=C(\C#N)C(C)=O)cc1. The average molecular weight is 217 g/mol. The predicted molar refractivity (Wildman–Crippen MR) is 58.8 cm³/mol. The van der Waals surface area contributed by atoms with Gasteiger partial charge in [-0.3, -0.25) is 4.79 Å². The minimum Gasteiger partial charge on any atom is -0.506 e. The van der Waals surface area contributed by atoms with Crippen LogP contribution in [0.1, 0.15) is 12.5 Å². The lowest BCUT2D eigenvalue weighted by Gasteiger charge is -2.03. The Bertz CT molecular complexity index is 466. The Hall–Kier alpha value is -2.28. The summed E-state index contributed by atoms with van der Waals surface area (Å²) in [5.41, 5.74) is 0.165. The first-order valence-electron chi connectivity index (χ1n) is 4.59. The van der Waals surface area contributed by atoms with Crippen LogP contribution in [-0.2, 0) is 4.79 Å². The zero-order valence-corrected chi connectivity index (χ0v) is 9.02. The molecule has 1 aromatic rings. The minimum absolute atomic E-state index is 0.245. The number of aliphatic hydroxyl groups is 1. The summed E-state index contributed by atoms with van der Waals surface area (Å²) >= 11 is 0. The molecule has 0 bridgehead atoms. The smallest absolute Gasteiger partial charge is 0.174 e. The Morgan fingerprint density at radius 2 is 1.94 bits per heavy atom. The summed E-state index contributed by atoms with van der Waals surface area (Å²) < 4.78 is 4.95. The topological polar surface area (TPSA) is 70.3 Å². The molecule has 0 atom stereocenters. The van der Waals surface area contributed by atoms with Crippen LogP contribution in [0.25, 0.3) is 5.76 Å². The number of carbonyl (C=O) groups is 1. The first kappa shape index (κ1) is 11.8. The summed E-state index contributed by atoms with van der Waals surface area (Å²) in [5.74, 6) is -0.133. The van der Waals surface area contributed by atoms with Gasteiger partial charge in [-0.1, -0.05) is 0 Å². The maximum atomic E-state index is 11.0. The molecule has 4 heteroatoms. The van der Waals surface area contributed by atoms with E-state index in [1.165, 1.54) is 14.0 Å². The molecule has 0 aromatic heterocycles. The Kier molecular flexibility index (Phi) is 3.67. The van der Waals surface area contributed by atoms with Gasteiger partial charge in [-0.05, 0) is 24.3 Å². The molecule has 0 saturated heterocycles. The Labute approximate surface area is 93.4 Å². The van der Waals surface area contributed by atoms with Gasteiger partial charge < -0.3 is 9.84 Å². The quantitative estimate of drug-likeness (QED) is 0.478. The number of ether oxygens (including phenoxy) is 1. The second-order valence-corrected chi connectivity index (χ2v) is 3.12. The maximum Gasteiger partial charge on any atom is 0.174 e. The highest BCUT2D eigenvalue weighted by molar-refractivity contribution is 6.03. The zero-order chi connectivity index (χ0) is 12.1. The van der Waals surface area contributed by atoms with E-state index in [1.807, 2.05) is 0 Å². The van der Waals surface area contributed by atoms with Gasteiger partial charge in [0.25, 0.3) is 0 Å². The van der Waals surface area contributed by atoms with Crippen molar-refractivity contribution in [2.24, 2.45) is 0 Å². The summed E-state index contributed by atoms with van der Waals surface area (Å²) in [7, 11) is 1.53. The van der Waals surface area contributed by atoms with Crippen molar-refractivity contribution in [1.29, 1.82) is 5.26 Å². The monoisotopic (exact) mass is 217 g/mol. The third-order valence-electron chi connectivity index (χ3n) is 2.06. The average Bonchev–Trinajstić information content (AvgIpc) is 2.29. The highest BCUT2D eigenvalue weighted by Crippen LogP contribution is 2.19. The highest BCUT2D eigenvalue weighted by atomic mass is 16.5. The first-order chi connectivity index (χ1) is 7.60. The van der Waals surface area contributed by atoms with Gasteiger partial charge in [0, 0.05) is 12.5 Å². The van der Waals surface area contributed by atoms with E-state index >= 15 is 0 Å². The van der Waals surface area contributed by atoms with Crippen LogP contribution >= 0.6 is 0 Å². The van der Waals surface area contributed by atoms with Gasteiger partial charge in [-0.15, -0.1) is 0 Å². The Balaban J connectivity index is 3.18. The molecule has 0 spiro atoms. The zero-order valence-electron chi connectivity index (χ0n) is 9.02. The summed E-state index contributed by atoms with van der Waals surface area (Å²) in [5, 5.41) is 18.4. The lowest BCUT2D eigenvalue weighted by Crippen LogP contribution is -1.99. The van der Waals surface area contributed by atoms with Crippen LogP contribution in [0, 0.1) is 11.3 Å². The van der Waals surface area contributed by atoms with Crippen molar-refractivity contribution >= 4 is 11.5 Å². The van der Waals surface area contributed by atoms with E-state index in [9.17, 15) is 9.90 Å². The van der Waals surface area contributed by atoms with Crippen LogP contribution in [0.4, 0.5) is 0 Å². The van der Waals surface area contributed by atoms with E-state index in [-0.39, 0.29) is 11.3 Å². The van der Waals surface area contributed by atoms with Crippen LogP contribution in [0.3, 0.4) is 0 Å². The number of nitriles is 1. The van der Waals surface area contributed by atoms with Crippen LogP contribution in [0.2, 0.25) is 0 Å². The molecule has 0 radical (unpaired) electrons. The number of methoxy groups -OCH3 is 1. The molecule has 4 nitrogen and oxygen atoms in total. The number of benzene rings is 1. The number of carbonyl (C=O) groups excluding carboxylic acids is 1. The molecule has 0 aliphatic rings. The lowest BCUT2D eigenvalue weighted by atomic mass is 10.1. The van der Waals surface area contributed by atoms with Crippen molar-refractivity contribution in [1.82, 2.24) is 0 Å². The van der Waals surface area contributed by atoms with Crippen molar-refractivity contribution in [2.45, 2.75) is 6.92 Å². The molecule has 0 fully saturated rings. The van der Waals surface area contributed by atoms with E-state index in [0.717, 1.165) is 0 Å². The summed E-state index contributed by atoms with van der Waals surface area (Å²) in [6.45, 7) is 1.23. The standard InChI is InChI=1S/C12H11NO3/c1-8(14)11(7-13)12(15)9-3-5-10(16-2)6-4-9/h3-6,15H,1-2H3/b12-11-. The molecular formula is C12H11NO3. The summed E-state index contributed by atoms with van der Waals surface area (Å²) in [6.07, 6.45) is 0. The molecule has 0 aliphatic carbocycles. The first-order valence-corrected chi connectivity index (χ1v) is 4.59. The van der Waals surface area contributed by atoms with E-state index < -0.39 is 5.78 Å². The number of aliphatic hydroxyl groups excluding tert-OH is 1. The van der Waals surface area contributed by atoms with Gasteiger partial charge in [-0.2, -0.15) is 5.26 Å². The van der Waals surface area contributed by atoms with Crippen LogP contribution in [0.5, 0.6) is 5.75 Å². The molecule has 0 amide bonds. The van der Waals surface area contributed by atoms with Gasteiger partial charge in [0.15, 0.2) is 5.78 Å². The van der Waals surface area contributed by atoms with E-state index in [4.69, 9.17) is 10.00 Å². The van der Waals surface area contributed by atoms with E-state index in [2.05, 4.69) is 0 Å². The third kappa shape index (κ3) is 2.39. The van der Waals surface area contributed by atoms with Crippen molar-refractivity contribution in [2.75, 3.05) is 7.11 Å². The summed E-state index contributed by atoms with van der Waals surface area (Å²) in [6, 6.07) is 8.11. The van der Waals surface area contributed by atoms with Crippen LogP contribution in [0.15, 0.2) is 29.8 Å². The van der Waals surface area contributed by atoms with Gasteiger partial charge in [0.1, 0.15) is 23.2 Å². The number of nitrogens with zero attached hydrogens (tertiary/aromatic N) is 1. The molecule has 1 N–H and O–H groups in total. The fraction of sp³-hybridized carbons (Fsp3) is 0.167. The number of rotatable bonds is 3. The molecule has 0 saturated carbocycles. The Morgan fingerprint density at radius 1 is 1.38 bits per heavy atom. The molecule has 82 valence electrons. The summed E-state index contributed by atoms with van der Waals surface area (Å²) in [4.78, 5) is 11.0. The largest absolute Gasteiger partial charge is 0.506 e. The number of ketones is 1.